The quantitative estimate of drug-likeness (QED) is 0.484. The van der Waals surface area contributed by atoms with Gasteiger partial charge in [-0.3, -0.25) is 9.36 Å². The number of carbonyl (C=O) groups is 1. The van der Waals surface area contributed by atoms with E-state index in [1.165, 1.54) is 6.33 Å². The van der Waals surface area contributed by atoms with Gasteiger partial charge in [-0.15, -0.1) is 0 Å². The molecule has 0 amide bonds. The van der Waals surface area contributed by atoms with Crippen molar-refractivity contribution in [3.63, 3.8) is 0 Å². The van der Waals surface area contributed by atoms with E-state index < -0.39 is 5.41 Å². The fourth-order valence-electron chi connectivity index (χ4n) is 1.32. The van der Waals surface area contributed by atoms with Crippen molar-refractivity contribution in [3.05, 3.63) is 16.8 Å². The van der Waals surface area contributed by atoms with Crippen molar-refractivity contribution in [3.8, 4) is 0 Å². The fourth-order valence-corrected chi connectivity index (χ4v) is 1.75. The van der Waals surface area contributed by atoms with Crippen molar-refractivity contribution in [2.75, 3.05) is 0 Å². The molecule has 2 rings (SSSR count). The summed E-state index contributed by atoms with van der Waals surface area (Å²) in [5.74, 6) is -0.319. The van der Waals surface area contributed by atoms with E-state index in [-0.39, 0.29) is 23.1 Å². The third kappa shape index (κ3) is 2.96. The van der Waals surface area contributed by atoms with Crippen molar-refractivity contribution in [1.82, 2.24) is 19.5 Å². The number of rotatable bonds is 2. The maximum atomic E-state index is 11.7. The second-order valence-corrected chi connectivity index (χ2v) is 5.68. The van der Waals surface area contributed by atoms with E-state index in [0.29, 0.717) is 11.2 Å². The van der Waals surface area contributed by atoms with Crippen LogP contribution in [0.5, 0.6) is 0 Å². The third-order valence-corrected chi connectivity index (χ3v) is 2.77. The Morgan fingerprint density at radius 2 is 2.05 bits per heavy atom. The monoisotopic (exact) mass is 302 g/mol. The molecule has 0 aliphatic rings. The largest absolute Gasteiger partial charge is 0.443 e. The number of hydrogen-bond donors (Lipinski definition) is 0. The number of nitrogens with zero attached hydrogens (tertiary/aromatic N) is 4. The Kier molecular flexibility index (Phi) is 3.64. The van der Waals surface area contributed by atoms with Crippen molar-refractivity contribution >= 4 is 40.3 Å². The highest BCUT2D eigenvalue weighted by Crippen LogP contribution is 2.21. The summed E-state index contributed by atoms with van der Waals surface area (Å²) in [7, 11) is 0. The fraction of sp³-hybridized carbons (Fsp3) is 0.455. The number of esters is 1. The zero-order valence-corrected chi connectivity index (χ0v) is 12.2. The lowest BCUT2D eigenvalue weighted by Crippen LogP contribution is -2.23. The predicted octanol–water partition coefficient (Wildman–Crippen LogP) is 2.68. The molecular weight excluding hydrogens is 291 g/mol. The summed E-state index contributed by atoms with van der Waals surface area (Å²) in [6.07, 6.45) is 1.47. The van der Waals surface area contributed by atoms with Gasteiger partial charge in [-0.05, 0) is 32.4 Å². The molecule has 0 saturated carbocycles. The van der Waals surface area contributed by atoms with Gasteiger partial charge >= 0.3 is 5.97 Å². The molecule has 0 unspecified atom stereocenters. The molecule has 102 valence electrons. The molecule has 2 heterocycles. The van der Waals surface area contributed by atoms with Crippen molar-refractivity contribution in [2.24, 2.45) is 5.41 Å². The van der Waals surface area contributed by atoms with Crippen molar-refractivity contribution in [1.29, 1.82) is 0 Å². The van der Waals surface area contributed by atoms with Gasteiger partial charge in [0.05, 0.1) is 11.7 Å². The maximum Gasteiger partial charge on any atom is 0.312 e. The molecule has 0 spiro atoms. The molecule has 0 radical (unpaired) electrons. The van der Waals surface area contributed by atoms with Gasteiger partial charge in [0, 0.05) is 0 Å². The van der Waals surface area contributed by atoms with Crippen LogP contribution >= 0.6 is 23.2 Å². The SMILES string of the molecule is CC(C)(C)C(=O)OCn1cnc2c(Cl)nc(Cl)nc21. The molecule has 0 aliphatic heterocycles. The van der Waals surface area contributed by atoms with Gasteiger partial charge in [0.1, 0.15) is 5.52 Å². The van der Waals surface area contributed by atoms with E-state index in [1.54, 1.807) is 25.3 Å². The van der Waals surface area contributed by atoms with Crippen LogP contribution in [0.1, 0.15) is 20.8 Å². The first-order valence-corrected chi connectivity index (χ1v) is 6.26. The maximum absolute atomic E-state index is 11.7. The van der Waals surface area contributed by atoms with Crippen LogP contribution in [-0.4, -0.2) is 25.5 Å². The lowest BCUT2D eigenvalue weighted by Gasteiger charge is -2.16. The van der Waals surface area contributed by atoms with Crippen LogP contribution in [0.25, 0.3) is 11.2 Å². The molecule has 0 atom stereocenters. The van der Waals surface area contributed by atoms with Crippen LogP contribution in [0.4, 0.5) is 0 Å². The molecular formula is C11H12Cl2N4O2. The predicted molar refractivity (Wildman–Crippen MR) is 70.9 cm³/mol. The van der Waals surface area contributed by atoms with Gasteiger partial charge in [-0.2, -0.15) is 4.98 Å². The van der Waals surface area contributed by atoms with Crippen LogP contribution in [0, 0.1) is 5.41 Å². The first kappa shape index (κ1) is 14.0. The van der Waals surface area contributed by atoms with Gasteiger partial charge in [0.25, 0.3) is 0 Å². The number of halogens is 2. The smallest absolute Gasteiger partial charge is 0.312 e. The van der Waals surface area contributed by atoms with Crippen LogP contribution in [0.3, 0.4) is 0 Å². The molecule has 8 heteroatoms. The zero-order valence-electron chi connectivity index (χ0n) is 10.6. The summed E-state index contributed by atoms with van der Waals surface area (Å²) < 4.78 is 6.72. The average molecular weight is 303 g/mol. The minimum absolute atomic E-state index is 0.00370. The van der Waals surface area contributed by atoms with Gasteiger partial charge in [0.15, 0.2) is 17.5 Å². The van der Waals surface area contributed by atoms with E-state index in [2.05, 4.69) is 15.0 Å². The third-order valence-electron chi connectivity index (χ3n) is 2.34. The second-order valence-electron chi connectivity index (χ2n) is 4.98. The summed E-state index contributed by atoms with van der Waals surface area (Å²) in [6, 6.07) is 0. The molecule has 0 N–H and O–H groups in total. The highest BCUT2D eigenvalue weighted by Gasteiger charge is 2.23. The topological polar surface area (TPSA) is 69.9 Å². The van der Waals surface area contributed by atoms with Crippen LogP contribution in [0.2, 0.25) is 10.4 Å². The minimum atomic E-state index is -0.569. The zero-order chi connectivity index (χ0) is 14.2. The van der Waals surface area contributed by atoms with Crippen molar-refractivity contribution in [2.45, 2.75) is 27.5 Å². The Bertz CT molecular complexity index is 633. The summed E-state index contributed by atoms with van der Waals surface area (Å²) >= 11 is 11.6. The van der Waals surface area contributed by atoms with Gasteiger partial charge in [-0.1, -0.05) is 11.6 Å². The second kappa shape index (κ2) is 4.94. The molecule has 2 aromatic rings. The Labute approximate surface area is 119 Å². The first-order valence-electron chi connectivity index (χ1n) is 5.50. The van der Waals surface area contributed by atoms with Gasteiger partial charge < -0.3 is 4.74 Å². The summed E-state index contributed by atoms with van der Waals surface area (Å²) in [5.41, 5.74) is 0.269. The molecule has 19 heavy (non-hydrogen) atoms. The number of imidazole rings is 1. The van der Waals surface area contributed by atoms with Crippen LogP contribution in [0.15, 0.2) is 6.33 Å². The number of hydrogen-bond acceptors (Lipinski definition) is 5. The van der Waals surface area contributed by atoms with Gasteiger partial charge in [0.2, 0.25) is 5.28 Å². The average Bonchev–Trinajstić information content (AvgIpc) is 2.67. The lowest BCUT2D eigenvalue weighted by molar-refractivity contribution is -0.156. The van der Waals surface area contributed by atoms with E-state index in [1.807, 2.05) is 0 Å². The summed E-state index contributed by atoms with van der Waals surface area (Å²) in [5, 5.41) is 0.178. The molecule has 0 aliphatic carbocycles. The molecule has 6 nitrogen and oxygen atoms in total. The first-order chi connectivity index (χ1) is 8.79. The Hall–Kier alpha value is -1.40. The van der Waals surface area contributed by atoms with E-state index in [0.717, 1.165) is 0 Å². The number of ether oxygens (including phenoxy) is 1. The molecule has 0 bridgehead atoms. The van der Waals surface area contributed by atoms with E-state index >= 15 is 0 Å². The number of aromatic nitrogens is 4. The molecule has 0 saturated heterocycles. The van der Waals surface area contributed by atoms with Crippen molar-refractivity contribution < 1.29 is 9.53 Å². The van der Waals surface area contributed by atoms with E-state index in [4.69, 9.17) is 27.9 Å². The Morgan fingerprint density at radius 1 is 1.37 bits per heavy atom. The minimum Gasteiger partial charge on any atom is -0.443 e. The highest BCUT2D eigenvalue weighted by molar-refractivity contribution is 6.35. The normalized spacial score (nSPS) is 11.8. The standard InChI is InChI=1S/C11H12Cl2N4O2/c1-11(2,3)9(18)19-5-17-4-14-6-7(12)15-10(13)16-8(6)17/h4H,5H2,1-3H3. The summed E-state index contributed by atoms with van der Waals surface area (Å²) in [6.45, 7) is 5.32. The number of fused-ring (bicyclic) bond motifs is 1. The van der Waals surface area contributed by atoms with Crippen LogP contribution in [-0.2, 0) is 16.3 Å². The lowest BCUT2D eigenvalue weighted by atomic mass is 9.98. The molecule has 0 aromatic carbocycles. The highest BCUT2D eigenvalue weighted by atomic mass is 35.5. The summed E-state index contributed by atoms with van der Waals surface area (Å²) in [4.78, 5) is 23.5. The molecule has 2 aromatic heterocycles. The Balaban J connectivity index is 2.25. The van der Waals surface area contributed by atoms with E-state index in [9.17, 15) is 4.79 Å². The number of carbonyl (C=O) groups excluding carboxylic acids is 1. The Morgan fingerprint density at radius 3 is 2.68 bits per heavy atom. The molecule has 0 fully saturated rings. The van der Waals surface area contributed by atoms with Crippen LogP contribution < -0.4 is 0 Å². The van der Waals surface area contributed by atoms with Gasteiger partial charge in [-0.25, -0.2) is 9.97 Å².